The van der Waals surface area contributed by atoms with E-state index in [2.05, 4.69) is 0 Å². The number of aliphatic hydroxyl groups is 2. The van der Waals surface area contributed by atoms with Gasteiger partial charge in [0.15, 0.2) is 0 Å². The van der Waals surface area contributed by atoms with Crippen LogP contribution in [0.25, 0.3) is 0 Å². The van der Waals surface area contributed by atoms with Crippen molar-refractivity contribution in [3.63, 3.8) is 0 Å². The van der Waals surface area contributed by atoms with Crippen LogP contribution in [0, 0.1) is 5.92 Å². The van der Waals surface area contributed by atoms with Crippen molar-refractivity contribution in [3.8, 4) is 0 Å². The minimum atomic E-state index is -0.903. The normalized spacial score (nSPS) is 15.8. The predicted molar refractivity (Wildman–Crippen MR) is 53.8 cm³/mol. The van der Waals surface area contributed by atoms with Gasteiger partial charge < -0.3 is 25.1 Å². The second kappa shape index (κ2) is 5.66. The highest BCUT2D eigenvalue weighted by molar-refractivity contribution is 5.79. The number of hydrogen-bond donors (Lipinski definition) is 3. The zero-order chi connectivity index (χ0) is 12.1. The number of amides is 2. The Morgan fingerprint density at radius 2 is 1.69 bits per heavy atom. The van der Waals surface area contributed by atoms with Crippen molar-refractivity contribution < 1.29 is 24.9 Å². The van der Waals surface area contributed by atoms with Crippen LogP contribution in [0.5, 0.6) is 0 Å². The average Bonchev–Trinajstić information content (AvgIpc) is 2.14. The Kier molecular flexibility index (Phi) is 4.51. The summed E-state index contributed by atoms with van der Waals surface area (Å²) < 4.78 is 0. The number of carbonyl (C=O) groups is 2. The highest BCUT2D eigenvalue weighted by Crippen LogP contribution is 2.17. The van der Waals surface area contributed by atoms with Crippen molar-refractivity contribution in [3.05, 3.63) is 0 Å². The molecule has 1 rings (SSSR count). The van der Waals surface area contributed by atoms with Crippen molar-refractivity contribution >= 4 is 12.0 Å². The van der Waals surface area contributed by atoms with Crippen molar-refractivity contribution in [2.75, 3.05) is 39.4 Å². The van der Waals surface area contributed by atoms with E-state index in [0.717, 1.165) is 0 Å². The zero-order valence-electron chi connectivity index (χ0n) is 8.87. The Balaban J connectivity index is 2.41. The summed E-state index contributed by atoms with van der Waals surface area (Å²) in [6.45, 7) is 0.328. The van der Waals surface area contributed by atoms with Gasteiger partial charge in [0.25, 0.3) is 0 Å². The molecule has 0 aromatic rings. The minimum absolute atomic E-state index is 0.146. The molecule has 7 nitrogen and oxygen atoms in total. The van der Waals surface area contributed by atoms with Crippen LogP contribution in [0.4, 0.5) is 4.79 Å². The van der Waals surface area contributed by atoms with E-state index in [0.29, 0.717) is 0 Å². The molecule has 1 heterocycles. The standard InChI is InChI=1S/C9H16N2O5/c12-3-1-10(2-4-13)9(16)11-5-7(6-11)8(14)15/h7,12-13H,1-6H2,(H,14,15). The van der Waals surface area contributed by atoms with Gasteiger partial charge in [0.05, 0.1) is 19.1 Å². The van der Waals surface area contributed by atoms with Gasteiger partial charge in [-0.3, -0.25) is 4.79 Å². The van der Waals surface area contributed by atoms with Gasteiger partial charge in [-0.25, -0.2) is 4.79 Å². The van der Waals surface area contributed by atoms with Gasteiger partial charge in [-0.05, 0) is 0 Å². The molecule has 1 fully saturated rings. The third-order valence-electron chi connectivity index (χ3n) is 2.51. The molecule has 1 aliphatic rings. The van der Waals surface area contributed by atoms with Gasteiger partial charge in [-0.2, -0.15) is 0 Å². The lowest BCUT2D eigenvalue weighted by Crippen LogP contribution is -2.57. The molecule has 0 aromatic heterocycles. The number of likely N-dealkylation sites (tertiary alicyclic amines) is 1. The Morgan fingerprint density at radius 1 is 1.19 bits per heavy atom. The quantitative estimate of drug-likeness (QED) is 0.530. The molecular formula is C9H16N2O5. The van der Waals surface area contributed by atoms with Gasteiger partial charge in [-0.15, -0.1) is 0 Å². The van der Waals surface area contributed by atoms with E-state index >= 15 is 0 Å². The van der Waals surface area contributed by atoms with Crippen LogP contribution in [0.15, 0.2) is 0 Å². The number of aliphatic hydroxyl groups excluding tert-OH is 2. The molecule has 16 heavy (non-hydrogen) atoms. The molecule has 0 radical (unpaired) electrons. The SMILES string of the molecule is O=C(O)C1CN(C(=O)N(CCO)CCO)C1. The summed E-state index contributed by atoms with van der Waals surface area (Å²) in [5.41, 5.74) is 0. The van der Waals surface area contributed by atoms with Crippen LogP contribution < -0.4 is 0 Å². The monoisotopic (exact) mass is 232 g/mol. The van der Waals surface area contributed by atoms with Crippen LogP contribution in [0.3, 0.4) is 0 Å². The molecular weight excluding hydrogens is 216 g/mol. The van der Waals surface area contributed by atoms with Crippen LogP contribution >= 0.6 is 0 Å². The Hall–Kier alpha value is -1.34. The number of hydrogen-bond acceptors (Lipinski definition) is 4. The lowest BCUT2D eigenvalue weighted by Gasteiger charge is -2.39. The molecule has 3 N–H and O–H groups in total. The number of rotatable bonds is 5. The van der Waals surface area contributed by atoms with E-state index < -0.39 is 11.9 Å². The summed E-state index contributed by atoms with van der Waals surface area (Å²) in [6.07, 6.45) is 0. The average molecular weight is 232 g/mol. The number of aliphatic carboxylic acids is 1. The van der Waals surface area contributed by atoms with Crippen molar-refractivity contribution in [1.29, 1.82) is 0 Å². The maximum Gasteiger partial charge on any atom is 0.320 e. The molecule has 1 aliphatic heterocycles. The molecule has 1 saturated heterocycles. The molecule has 2 amide bonds. The van der Waals surface area contributed by atoms with Gasteiger partial charge in [-0.1, -0.05) is 0 Å². The highest BCUT2D eigenvalue weighted by Gasteiger charge is 2.37. The van der Waals surface area contributed by atoms with Crippen molar-refractivity contribution in [2.24, 2.45) is 5.92 Å². The highest BCUT2D eigenvalue weighted by atomic mass is 16.4. The van der Waals surface area contributed by atoms with Gasteiger partial charge >= 0.3 is 12.0 Å². The second-order valence-electron chi connectivity index (χ2n) is 3.66. The summed E-state index contributed by atoms with van der Waals surface area (Å²) in [6, 6.07) is -0.333. The summed E-state index contributed by atoms with van der Waals surface area (Å²) in [5, 5.41) is 26.1. The molecule has 0 bridgehead atoms. The molecule has 7 heteroatoms. The topological polar surface area (TPSA) is 101 Å². The molecule has 0 aromatic carbocycles. The fourth-order valence-electron chi connectivity index (χ4n) is 1.54. The van der Waals surface area contributed by atoms with Crippen LogP contribution in [-0.4, -0.2) is 76.5 Å². The summed E-state index contributed by atoms with van der Waals surface area (Å²) in [5.74, 6) is -1.39. The fraction of sp³-hybridized carbons (Fsp3) is 0.778. The largest absolute Gasteiger partial charge is 0.481 e. The van der Waals surface area contributed by atoms with Crippen molar-refractivity contribution in [2.45, 2.75) is 0 Å². The first-order valence-corrected chi connectivity index (χ1v) is 5.08. The second-order valence-corrected chi connectivity index (χ2v) is 3.66. The van der Waals surface area contributed by atoms with E-state index in [-0.39, 0.29) is 45.4 Å². The molecule has 0 atom stereocenters. The lowest BCUT2D eigenvalue weighted by atomic mass is 10.0. The van der Waals surface area contributed by atoms with Crippen LogP contribution in [0.2, 0.25) is 0 Å². The Labute approximate surface area is 92.9 Å². The van der Waals surface area contributed by atoms with Gasteiger partial charge in [0.2, 0.25) is 0 Å². The third kappa shape index (κ3) is 2.83. The van der Waals surface area contributed by atoms with E-state index in [4.69, 9.17) is 15.3 Å². The molecule has 0 spiro atoms. The summed E-state index contributed by atoms with van der Waals surface area (Å²) in [7, 11) is 0. The first kappa shape index (κ1) is 12.7. The maximum absolute atomic E-state index is 11.7. The number of urea groups is 1. The summed E-state index contributed by atoms with van der Waals surface area (Å²) in [4.78, 5) is 24.9. The maximum atomic E-state index is 11.7. The first-order valence-electron chi connectivity index (χ1n) is 5.08. The first-order chi connectivity index (χ1) is 7.60. The van der Waals surface area contributed by atoms with Crippen LogP contribution in [-0.2, 0) is 4.79 Å². The van der Waals surface area contributed by atoms with Gasteiger partial charge in [0.1, 0.15) is 0 Å². The molecule has 0 aliphatic carbocycles. The molecule has 0 unspecified atom stereocenters. The number of carboxylic acid groups (broad SMARTS) is 1. The van der Waals surface area contributed by atoms with Crippen molar-refractivity contribution in [1.82, 2.24) is 9.80 Å². The molecule has 92 valence electrons. The van der Waals surface area contributed by atoms with Crippen LogP contribution in [0.1, 0.15) is 0 Å². The minimum Gasteiger partial charge on any atom is -0.481 e. The summed E-state index contributed by atoms with van der Waals surface area (Å²) >= 11 is 0. The van der Waals surface area contributed by atoms with E-state index in [1.807, 2.05) is 0 Å². The molecule has 0 saturated carbocycles. The number of carboxylic acids is 1. The Morgan fingerprint density at radius 3 is 2.06 bits per heavy atom. The Bertz CT molecular complexity index is 259. The smallest absolute Gasteiger partial charge is 0.320 e. The van der Waals surface area contributed by atoms with E-state index in [9.17, 15) is 9.59 Å². The number of nitrogens with zero attached hydrogens (tertiary/aromatic N) is 2. The lowest BCUT2D eigenvalue weighted by molar-refractivity contribution is -0.146. The van der Waals surface area contributed by atoms with E-state index in [1.165, 1.54) is 9.80 Å². The van der Waals surface area contributed by atoms with Gasteiger partial charge in [0, 0.05) is 26.2 Å². The third-order valence-corrected chi connectivity index (χ3v) is 2.51. The number of carbonyl (C=O) groups excluding carboxylic acids is 1. The fourth-order valence-corrected chi connectivity index (χ4v) is 1.54. The van der Waals surface area contributed by atoms with E-state index in [1.54, 1.807) is 0 Å². The zero-order valence-corrected chi connectivity index (χ0v) is 8.87. The predicted octanol–water partition coefficient (Wildman–Crippen LogP) is -1.59.